The molecule has 0 spiro atoms. The first-order valence-electron chi connectivity index (χ1n) is 6.57. The topological polar surface area (TPSA) is 53.2 Å². The Bertz CT molecular complexity index is 425. The van der Waals surface area contributed by atoms with Crippen molar-refractivity contribution in [2.24, 2.45) is 0 Å². The second kappa shape index (κ2) is 5.87. The minimum Gasteiger partial charge on any atom is -0.381 e. The Kier molecular flexibility index (Phi) is 4.20. The largest absolute Gasteiger partial charge is 0.381 e. The van der Waals surface area contributed by atoms with Crippen molar-refractivity contribution in [3.8, 4) is 0 Å². The van der Waals surface area contributed by atoms with Gasteiger partial charge in [0.15, 0.2) is 0 Å². The van der Waals surface area contributed by atoms with Crippen LogP contribution >= 0.6 is 0 Å². The molecule has 0 saturated carbocycles. The third kappa shape index (κ3) is 3.01. The Morgan fingerprint density at radius 1 is 1.50 bits per heavy atom. The van der Waals surface area contributed by atoms with Crippen LogP contribution in [0.25, 0.3) is 0 Å². The molecule has 4 heteroatoms. The molecule has 0 radical (unpaired) electrons. The SMILES string of the molecule is CCNC(=O)c1ccc(C)c(NC2CCNC2)c1. The van der Waals surface area contributed by atoms with Crippen LogP contribution in [0.4, 0.5) is 5.69 Å². The molecule has 1 fully saturated rings. The summed E-state index contributed by atoms with van der Waals surface area (Å²) in [5, 5.41) is 9.66. The fourth-order valence-electron chi connectivity index (χ4n) is 2.18. The molecule has 1 unspecified atom stereocenters. The summed E-state index contributed by atoms with van der Waals surface area (Å²) in [6, 6.07) is 6.28. The third-order valence-electron chi connectivity index (χ3n) is 3.26. The maximum atomic E-state index is 11.8. The maximum Gasteiger partial charge on any atom is 0.251 e. The van der Waals surface area contributed by atoms with Gasteiger partial charge in [-0.1, -0.05) is 6.07 Å². The quantitative estimate of drug-likeness (QED) is 0.756. The number of carbonyl (C=O) groups is 1. The summed E-state index contributed by atoms with van der Waals surface area (Å²) >= 11 is 0. The van der Waals surface area contributed by atoms with Crippen LogP contribution in [-0.2, 0) is 0 Å². The first kappa shape index (κ1) is 12.9. The van der Waals surface area contributed by atoms with Gasteiger partial charge in [0.05, 0.1) is 0 Å². The summed E-state index contributed by atoms with van der Waals surface area (Å²) in [4.78, 5) is 11.8. The van der Waals surface area contributed by atoms with E-state index in [1.54, 1.807) is 0 Å². The van der Waals surface area contributed by atoms with E-state index < -0.39 is 0 Å². The van der Waals surface area contributed by atoms with E-state index in [0.29, 0.717) is 12.6 Å². The van der Waals surface area contributed by atoms with Gasteiger partial charge >= 0.3 is 0 Å². The van der Waals surface area contributed by atoms with Gasteiger partial charge in [-0.05, 0) is 44.5 Å². The molecule has 2 rings (SSSR count). The van der Waals surface area contributed by atoms with Crippen LogP contribution in [0.1, 0.15) is 29.3 Å². The van der Waals surface area contributed by atoms with Crippen molar-refractivity contribution in [1.29, 1.82) is 0 Å². The molecule has 1 amide bonds. The average molecular weight is 247 g/mol. The van der Waals surface area contributed by atoms with Crippen LogP contribution in [0.2, 0.25) is 0 Å². The number of aryl methyl sites for hydroxylation is 1. The van der Waals surface area contributed by atoms with Crippen molar-refractivity contribution >= 4 is 11.6 Å². The Labute approximate surface area is 108 Å². The van der Waals surface area contributed by atoms with Crippen LogP contribution in [0.15, 0.2) is 18.2 Å². The lowest BCUT2D eigenvalue weighted by Crippen LogP contribution is -2.24. The predicted molar refractivity (Wildman–Crippen MR) is 74.1 cm³/mol. The van der Waals surface area contributed by atoms with E-state index in [0.717, 1.165) is 30.8 Å². The summed E-state index contributed by atoms with van der Waals surface area (Å²) in [5.41, 5.74) is 2.96. The van der Waals surface area contributed by atoms with Gasteiger partial charge in [-0.25, -0.2) is 0 Å². The van der Waals surface area contributed by atoms with Gasteiger partial charge in [0.2, 0.25) is 0 Å². The van der Waals surface area contributed by atoms with E-state index in [9.17, 15) is 4.79 Å². The highest BCUT2D eigenvalue weighted by Gasteiger charge is 2.15. The van der Waals surface area contributed by atoms with Crippen LogP contribution in [-0.4, -0.2) is 31.6 Å². The first-order valence-corrected chi connectivity index (χ1v) is 6.57. The molecule has 1 aliphatic rings. The highest BCUT2D eigenvalue weighted by molar-refractivity contribution is 5.95. The van der Waals surface area contributed by atoms with Crippen LogP contribution in [0.5, 0.6) is 0 Å². The molecule has 4 nitrogen and oxygen atoms in total. The number of amides is 1. The van der Waals surface area contributed by atoms with Gasteiger partial charge in [0.1, 0.15) is 0 Å². The van der Waals surface area contributed by atoms with Crippen molar-refractivity contribution in [3.63, 3.8) is 0 Å². The number of carbonyl (C=O) groups excluding carboxylic acids is 1. The molecular formula is C14H21N3O. The fourth-order valence-corrected chi connectivity index (χ4v) is 2.18. The summed E-state index contributed by atoms with van der Waals surface area (Å²) in [6.45, 7) is 6.70. The third-order valence-corrected chi connectivity index (χ3v) is 3.26. The monoisotopic (exact) mass is 247 g/mol. The van der Waals surface area contributed by atoms with Gasteiger partial charge < -0.3 is 16.0 Å². The fraction of sp³-hybridized carbons (Fsp3) is 0.500. The van der Waals surface area contributed by atoms with E-state index in [2.05, 4.69) is 22.9 Å². The molecule has 1 aliphatic heterocycles. The first-order chi connectivity index (χ1) is 8.70. The van der Waals surface area contributed by atoms with Crippen molar-refractivity contribution in [3.05, 3.63) is 29.3 Å². The van der Waals surface area contributed by atoms with Crippen molar-refractivity contribution in [2.75, 3.05) is 25.0 Å². The van der Waals surface area contributed by atoms with Gasteiger partial charge in [0.25, 0.3) is 5.91 Å². The zero-order chi connectivity index (χ0) is 13.0. The Morgan fingerprint density at radius 3 is 3.00 bits per heavy atom. The van der Waals surface area contributed by atoms with Crippen molar-refractivity contribution < 1.29 is 4.79 Å². The second-order valence-corrected chi connectivity index (χ2v) is 4.72. The molecule has 18 heavy (non-hydrogen) atoms. The van der Waals surface area contributed by atoms with E-state index in [-0.39, 0.29) is 5.91 Å². The number of rotatable bonds is 4. The zero-order valence-electron chi connectivity index (χ0n) is 11.0. The lowest BCUT2D eigenvalue weighted by atomic mass is 10.1. The van der Waals surface area contributed by atoms with Gasteiger partial charge in [-0.15, -0.1) is 0 Å². The lowest BCUT2D eigenvalue weighted by Gasteiger charge is -2.16. The molecule has 0 aliphatic carbocycles. The normalized spacial score (nSPS) is 18.7. The Morgan fingerprint density at radius 2 is 2.33 bits per heavy atom. The van der Waals surface area contributed by atoms with Crippen LogP contribution in [0.3, 0.4) is 0 Å². The summed E-state index contributed by atoms with van der Waals surface area (Å²) < 4.78 is 0. The molecular weight excluding hydrogens is 226 g/mol. The van der Waals surface area contributed by atoms with Gasteiger partial charge in [-0.2, -0.15) is 0 Å². The molecule has 1 saturated heterocycles. The maximum absolute atomic E-state index is 11.8. The molecule has 3 N–H and O–H groups in total. The van der Waals surface area contributed by atoms with Crippen molar-refractivity contribution in [1.82, 2.24) is 10.6 Å². The molecule has 1 heterocycles. The second-order valence-electron chi connectivity index (χ2n) is 4.72. The molecule has 1 aromatic carbocycles. The number of nitrogens with one attached hydrogen (secondary N) is 3. The van der Waals surface area contributed by atoms with E-state index in [4.69, 9.17) is 0 Å². The van der Waals surface area contributed by atoms with E-state index in [1.165, 1.54) is 5.56 Å². The molecule has 0 aromatic heterocycles. The summed E-state index contributed by atoms with van der Waals surface area (Å²) in [5.74, 6) is -0.00917. The van der Waals surface area contributed by atoms with Gasteiger partial charge in [-0.3, -0.25) is 4.79 Å². The highest BCUT2D eigenvalue weighted by atomic mass is 16.1. The number of benzene rings is 1. The zero-order valence-corrected chi connectivity index (χ0v) is 11.0. The smallest absolute Gasteiger partial charge is 0.251 e. The predicted octanol–water partition coefficient (Wildman–Crippen LogP) is 1.52. The van der Waals surface area contributed by atoms with Crippen LogP contribution in [0, 0.1) is 6.92 Å². The molecule has 1 atom stereocenters. The Hall–Kier alpha value is -1.55. The van der Waals surface area contributed by atoms with Gasteiger partial charge in [0, 0.05) is 30.4 Å². The van der Waals surface area contributed by atoms with E-state index in [1.807, 2.05) is 25.1 Å². The minimum absolute atomic E-state index is 0.00917. The number of anilines is 1. The number of hydrogen-bond donors (Lipinski definition) is 3. The number of hydrogen-bond acceptors (Lipinski definition) is 3. The van der Waals surface area contributed by atoms with E-state index >= 15 is 0 Å². The molecule has 1 aromatic rings. The van der Waals surface area contributed by atoms with Crippen molar-refractivity contribution in [2.45, 2.75) is 26.3 Å². The average Bonchev–Trinajstić information content (AvgIpc) is 2.85. The molecule has 0 bridgehead atoms. The highest BCUT2D eigenvalue weighted by Crippen LogP contribution is 2.19. The minimum atomic E-state index is -0.00917. The summed E-state index contributed by atoms with van der Waals surface area (Å²) in [7, 11) is 0. The standard InChI is InChI=1S/C14H21N3O/c1-3-16-14(18)11-5-4-10(2)13(8-11)17-12-6-7-15-9-12/h4-5,8,12,15,17H,3,6-7,9H2,1-2H3,(H,16,18). The summed E-state index contributed by atoms with van der Waals surface area (Å²) in [6.07, 6.45) is 1.13. The Balaban J connectivity index is 2.12. The van der Waals surface area contributed by atoms with Crippen LogP contribution < -0.4 is 16.0 Å². The lowest BCUT2D eigenvalue weighted by molar-refractivity contribution is 0.0956. The molecule has 98 valence electrons.